The second-order valence-corrected chi connectivity index (χ2v) is 6.36. The Hall–Kier alpha value is -1.76. The average molecular weight is 291 g/mol. The average Bonchev–Trinajstić information content (AvgIpc) is 3.05. The van der Waals surface area contributed by atoms with Gasteiger partial charge in [-0.15, -0.1) is 11.3 Å². The van der Waals surface area contributed by atoms with E-state index in [0.29, 0.717) is 11.0 Å². The summed E-state index contributed by atoms with van der Waals surface area (Å²) in [6.45, 7) is 4.05. The van der Waals surface area contributed by atoms with Crippen LogP contribution in [0, 0.1) is 5.92 Å². The lowest BCUT2D eigenvalue weighted by Gasteiger charge is -2.15. The molecule has 6 nitrogen and oxygen atoms in total. The summed E-state index contributed by atoms with van der Waals surface area (Å²) < 4.78 is 1.53. The predicted octanol–water partition coefficient (Wildman–Crippen LogP) is 2.06. The number of hydrogen-bond acceptors (Lipinski definition) is 5. The fraction of sp³-hybridized carbons (Fsp3) is 0.538. The summed E-state index contributed by atoms with van der Waals surface area (Å²) in [6, 6.07) is -0.391. The molecule has 0 fully saturated rings. The molecule has 0 aromatic carbocycles. The molecule has 0 spiro atoms. The van der Waals surface area contributed by atoms with Crippen molar-refractivity contribution in [3.05, 3.63) is 23.2 Å². The summed E-state index contributed by atoms with van der Waals surface area (Å²) in [6.07, 6.45) is 6.23. The van der Waals surface area contributed by atoms with Gasteiger partial charge in [0.25, 0.3) is 5.91 Å². The van der Waals surface area contributed by atoms with Gasteiger partial charge in [-0.2, -0.15) is 5.10 Å². The number of anilines is 1. The Balaban J connectivity index is 1.70. The molecule has 1 N–H and O–H groups in total. The molecule has 7 heteroatoms. The van der Waals surface area contributed by atoms with Gasteiger partial charge in [-0.1, -0.05) is 6.92 Å². The van der Waals surface area contributed by atoms with Crippen molar-refractivity contribution < 1.29 is 4.79 Å². The lowest BCUT2D eigenvalue weighted by atomic mass is 9.93. The molecule has 1 aliphatic carbocycles. The highest BCUT2D eigenvalue weighted by Crippen LogP contribution is 2.32. The molecule has 0 aliphatic heterocycles. The van der Waals surface area contributed by atoms with Gasteiger partial charge in [-0.05, 0) is 32.1 Å². The summed E-state index contributed by atoms with van der Waals surface area (Å²) in [7, 11) is 0. The molecule has 2 aromatic heterocycles. The summed E-state index contributed by atoms with van der Waals surface area (Å²) in [5, 5.41) is 7.56. The largest absolute Gasteiger partial charge is 0.300 e. The number of thiazole rings is 1. The number of aromatic nitrogens is 4. The van der Waals surface area contributed by atoms with Crippen molar-refractivity contribution in [2.75, 3.05) is 5.32 Å². The lowest BCUT2D eigenvalue weighted by molar-refractivity contribution is -0.119. The van der Waals surface area contributed by atoms with Gasteiger partial charge in [0.05, 0.1) is 5.69 Å². The van der Waals surface area contributed by atoms with Crippen molar-refractivity contribution in [2.24, 2.45) is 5.92 Å². The number of hydrogen-bond donors (Lipinski definition) is 1. The van der Waals surface area contributed by atoms with Gasteiger partial charge in [0, 0.05) is 4.88 Å². The molecule has 0 saturated carbocycles. The van der Waals surface area contributed by atoms with Gasteiger partial charge < -0.3 is 5.32 Å². The predicted molar refractivity (Wildman–Crippen MR) is 76.7 cm³/mol. The fourth-order valence-electron chi connectivity index (χ4n) is 2.34. The third-order valence-corrected chi connectivity index (χ3v) is 4.66. The van der Waals surface area contributed by atoms with Crippen molar-refractivity contribution in [2.45, 2.75) is 39.2 Å². The maximum atomic E-state index is 12.2. The van der Waals surface area contributed by atoms with E-state index >= 15 is 0 Å². The van der Waals surface area contributed by atoms with Crippen molar-refractivity contribution >= 4 is 22.4 Å². The number of amides is 1. The Labute approximate surface area is 121 Å². The standard InChI is InChI=1S/C13H17N5OS/c1-8-3-4-10-11(5-8)20-13(16-10)17-12(19)9(2)18-7-14-6-15-18/h6-9H,3-5H2,1-2H3,(H,16,17,19). The zero-order valence-electron chi connectivity index (χ0n) is 11.5. The molecule has 0 saturated heterocycles. The Morgan fingerprint density at radius 1 is 1.60 bits per heavy atom. The van der Waals surface area contributed by atoms with Crippen LogP contribution in [0.25, 0.3) is 0 Å². The lowest BCUT2D eigenvalue weighted by Crippen LogP contribution is -2.23. The molecular weight excluding hydrogens is 274 g/mol. The molecule has 20 heavy (non-hydrogen) atoms. The monoisotopic (exact) mass is 291 g/mol. The first-order valence-corrected chi connectivity index (χ1v) is 7.58. The van der Waals surface area contributed by atoms with Crippen LogP contribution in [0.1, 0.15) is 36.9 Å². The second kappa shape index (κ2) is 5.32. The molecular formula is C13H17N5OS. The van der Waals surface area contributed by atoms with Crippen molar-refractivity contribution in [1.82, 2.24) is 19.7 Å². The van der Waals surface area contributed by atoms with Crippen molar-refractivity contribution in [3.8, 4) is 0 Å². The minimum Gasteiger partial charge on any atom is -0.300 e. The SMILES string of the molecule is CC1CCc2nc(NC(=O)C(C)n3cncn3)sc2C1. The van der Waals surface area contributed by atoms with Gasteiger partial charge in [-0.25, -0.2) is 14.6 Å². The van der Waals surface area contributed by atoms with E-state index < -0.39 is 6.04 Å². The van der Waals surface area contributed by atoms with Crippen LogP contribution >= 0.6 is 11.3 Å². The van der Waals surface area contributed by atoms with E-state index in [9.17, 15) is 4.79 Å². The maximum absolute atomic E-state index is 12.2. The molecule has 0 bridgehead atoms. The van der Waals surface area contributed by atoms with Crippen LogP contribution in [0.15, 0.2) is 12.7 Å². The van der Waals surface area contributed by atoms with E-state index in [-0.39, 0.29) is 5.91 Å². The van der Waals surface area contributed by atoms with Gasteiger partial charge in [0.2, 0.25) is 0 Å². The first-order valence-electron chi connectivity index (χ1n) is 6.77. The van der Waals surface area contributed by atoms with Gasteiger partial charge in [-0.3, -0.25) is 4.79 Å². The third-order valence-electron chi connectivity index (χ3n) is 3.63. The Morgan fingerprint density at radius 2 is 2.45 bits per heavy atom. The first kappa shape index (κ1) is 13.2. The molecule has 3 rings (SSSR count). The number of rotatable bonds is 3. The summed E-state index contributed by atoms with van der Waals surface area (Å²) in [5.74, 6) is 0.593. The zero-order valence-corrected chi connectivity index (χ0v) is 12.4. The number of fused-ring (bicyclic) bond motifs is 1. The van der Waals surface area contributed by atoms with Gasteiger partial charge >= 0.3 is 0 Å². The summed E-state index contributed by atoms with van der Waals surface area (Å²) in [5.41, 5.74) is 1.15. The van der Waals surface area contributed by atoms with Gasteiger partial charge in [0.15, 0.2) is 5.13 Å². The van der Waals surface area contributed by atoms with E-state index in [1.807, 2.05) is 0 Å². The molecule has 2 atom stereocenters. The summed E-state index contributed by atoms with van der Waals surface area (Å²) >= 11 is 1.59. The molecule has 0 radical (unpaired) electrons. The number of carbonyl (C=O) groups excluding carboxylic acids is 1. The van der Waals surface area contributed by atoms with Crippen LogP contribution in [0.2, 0.25) is 0 Å². The van der Waals surface area contributed by atoms with Crippen LogP contribution in [-0.4, -0.2) is 25.7 Å². The molecule has 2 heterocycles. The van der Waals surface area contributed by atoms with Crippen molar-refractivity contribution in [1.29, 1.82) is 0 Å². The quantitative estimate of drug-likeness (QED) is 0.939. The number of nitrogens with one attached hydrogen (secondary N) is 1. The van der Waals surface area contributed by atoms with E-state index in [0.717, 1.165) is 18.5 Å². The molecule has 106 valence electrons. The van der Waals surface area contributed by atoms with Gasteiger partial charge in [0.1, 0.15) is 18.7 Å². The van der Waals surface area contributed by atoms with Crippen LogP contribution in [0.4, 0.5) is 5.13 Å². The van der Waals surface area contributed by atoms with E-state index in [4.69, 9.17) is 0 Å². The van der Waals surface area contributed by atoms with Crippen LogP contribution < -0.4 is 5.32 Å². The Morgan fingerprint density at radius 3 is 3.20 bits per heavy atom. The molecule has 1 aliphatic rings. The zero-order chi connectivity index (χ0) is 14.1. The summed E-state index contributed by atoms with van der Waals surface area (Å²) in [4.78, 5) is 21.9. The third kappa shape index (κ3) is 2.58. The Kier molecular flexibility index (Phi) is 3.52. The minimum atomic E-state index is -0.391. The highest BCUT2D eigenvalue weighted by atomic mass is 32.1. The van der Waals surface area contributed by atoms with E-state index in [1.54, 1.807) is 24.6 Å². The number of nitrogens with zero attached hydrogens (tertiary/aromatic N) is 4. The van der Waals surface area contributed by atoms with E-state index in [2.05, 4.69) is 27.3 Å². The number of aryl methyl sites for hydroxylation is 1. The normalized spacial score (nSPS) is 19.4. The van der Waals surface area contributed by atoms with Crippen LogP contribution in [0.5, 0.6) is 0 Å². The smallest absolute Gasteiger partial charge is 0.250 e. The Bertz CT molecular complexity index is 606. The second-order valence-electron chi connectivity index (χ2n) is 5.28. The highest BCUT2D eigenvalue weighted by molar-refractivity contribution is 7.15. The topological polar surface area (TPSA) is 72.7 Å². The van der Waals surface area contributed by atoms with Crippen LogP contribution in [-0.2, 0) is 17.6 Å². The fourth-order valence-corrected chi connectivity index (χ4v) is 3.51. The number of carbonyl (C=O) groups is 1. The molecule has 1 amide bonds. The van der Waals surface area contributed by atoms with E-state index in [1.165, 1.54) is 22.3 Å². The highest BCUT2D eigenvalue weighted by Gasteiger charge is 2.22. The van der Waals surface area contributed by atoms with Crippen molar-refractivity contribution in [3.63, 3.8) is 0 Å². The van der Waals surface area contributed by atoms with Crippen LogP contribution in [0.3, 0.4) is 0 Å². The minimum absolute atomic E-state index is 0.116. The first-order chi connectivity index (χ1) is 9.63. The molecule has 2 aromatic rings. The maximum Gasteiger partial charge on any atom is 0.250 e. The molecule has 2 unspecified atom stereocenters.